The van der Waals surface area contributed by atoms with Crippen LogP contribution in [0.2, 0.25) is 0 Å². The molecule has 1 N–H and O–H groups in total. The molecule has 2 nitrogen and oxygen atoms in total. The Morgan fingerprint density at radius 2 is 1.58 bits per heavy atom. The summed E-state index contributed by atoms with van der Waals surface area (Å²) in [6.45, 7) is 0. The van der Waals surface area contributed by atoms with Gasteiger partial charge in [0.05, 0.1) is 0 Å². The molecule has 0 bridgehead atoms. The molecule has 0 saturated carbocycles. The van der Waals surface area contributed by atoms with E-state index in [1.807, 2.05) is 36.4 Å². The number of nitrogens with one attached hydrogen (secondary N) is 1. The summed E-state index contributed by atoms with van der Waals surface area (Å²) in [5.41, 5.74) is 1.66. The smallest absolute Gasteiger partial charge is 0.258 e. The number of hydrogen-bond donors (Lipinski definition) is 1. The number of para-hydroxylation sites is 1. The second-order valence-electron chi connectivity index (χ2n) is 4.35. The molecule has 0 aliphatic rings. The summed E-state index contributed by atoms with van der Waals surface area (Å²) in [5, 5.41) is 2.56. The van der Waals surface area contributed by atoms with Crippen molar-refractivity contribution >= 4 is 11.6 Å². The molecule has 3 heteroatoms. The van der Waals surface area contributed by atoms with Crippen LogP contribution in [0.3, 0.4) is 0 Å². The molecule has 0 radical (unpaired) electrons. The summed E-state index contributed by atoms with van der Waals surface area (Å²) in [6, 6.07) is 18.5. The highest BCUT2D eigenvalue weighted by molar-refractivity contribution is 5.93. The summed E-state index contributed by atoms with van der Waals surface area (Å²) in [4.78, 5) is 11.6. The van der Waals surface area contributed by atoms with Crippen molar-refractivity contribution in [1.29, 1.82) is 0 Å². The number of amides is 1. The van der Waals surface area contributed by atoms with Gasteiger partial charge in [0.1, 0.15) is 0 Å². The van der Waals surface area contributed by atoms with E-state index in [-0.39, 0.29) is 6.42 Å². The molecule has 0 aliphatic heterocycles. The van der Waals surface area contributed by atoms with E-state index in [4.69, 9.17) is 0 Å². The van der Waals surface area contributed by atoms with Gasteiger partial charge >= 0.3 is 0 Å². The van der Waals surface area contributed by atoms with E-state index in [0.717, 1.165) is 5.56 Å². The van der Waals surface area contributed by atoms with Crippen molar-refractivity contribution in [2.75, 3.05) is 5.32 Å². The third-order valence-corrected chi connectivity index (χ3v) is 2.86. The molecule has 0 aliphatic carbocycles. The van der Waals surface area contributed by atoms with E-state index in [1.165, 1.54) is 0 Å². The second kappa shape index (κ2) is 6.69. The molecule has 0 aromatic heterocycles. The van der Waals surface area contributed by atoms with Gasteiger partial charge in [-0.05, 0) is 30.5 Å². The lowest BCUT2D eigenvalue weighted by molar-refractivity contribution is -0.121. The SMILES string of the molecule is O=C(Nc1ccccc1)[C@@H](F)CCc1ccccc1. The molecule has 0 fully saturated rings. The van der Waals surface area contributed by atoms with Gasteiger partial charge < -0.3 is 5.32 Å². The van der Waals surface area contributed by atoms with Crippen LogP contribution in [0.25, 0.3) is 0 Å². The Balaban J connectivity index is 1.83. The summed E-state index contributed by atoms with van der Waals surface area (Å²) >= 11 is 0. The van der Waals surface area contributed by atoms with Crippen LogP contribution in [0.1, 0.15) is 12.0 Å². The second-order valence-corrected chi connectivity index (χ2v) is 4.35. The number of alkyl halides is 1. The lowest BCUT2D eigenvalue weighted by atomic mass is 10.1. The van der Waals surface area contributed by atoms with Gasteiger partial charge in [0.2, 0.25) is 0 Å². The highest BCUT2D eigenvalue weighted by atomic mass is 19.1. The maximum absolute atomic E-state index is 13.8. The first-order valence-electron chi connectivity index (χ1n) is 6.29. The Hall–Kier alpha value is -2.16. The topological polar surface area (TPSA) is 29.1 Å². The largest absolute Gasteiger partial charge is 0.324 e. The third-order valence-electron chi connectivity index (χ3n) is 2.86. The van der Waals surface area contributed by atoms with Gasteiger partial charge in [0.25, 0.3) is 5.91 Å². The fourth-order valence-corrected chi connectivity index (χ4v) is 1.81. The summed E-state index contributed by atoms with van der Waals surface area (Å²) in [7, 11) is 0. The molecule has 2 aromatic carbocycles. The van der Waals surface area contributed by atoms with Crippen molar-refractivity contribution in [1.82, 2.24) is 0 Å². The van der Waals surface area contributed by atoms with Crippen molar-refractivity contribution in [2.45, 2.75) is 19.0 Å². The molecule has 98 valence electrons. The fourth-order valence-electron chi connectivity index (χ4n) is 1.81. The zero-order chi connectivity index (χ0) is 13.5. The molecule has 0 heterocycles. The van der Waals surface area contributed by atoms with Gasteiger partial charge in [-0.15, -0.1) is 0 Å². The normalized spacial score (nSPS) is 11.8. The minimum atomic E-state index is -1.49. The average molecular weight is 257 g/mol. The van der Waals surface area contributed by atoms with Gasteiger partial charge in [-0.1, -0.05) is 48.5 Å². The van der Waals surface area contributed by atoms with Crippen LogP contribution in [-0.2, 0) is 11.2 Å². The van der Waals surface area contributed by atoms with Gasteiger partial charge in [-0.3, -0.25) is 4.79 Å². The lowest BCUT2D eigenvalue weighted by Crippen LogP contribution is -2.24. The quantitative estimate of drug-likeness (QED) is 0.871. The number of anilines is 1. The van der Waals surface area contributed by atoms with Gasteiger partial charge in [-0.2, -0.15) is 0 Å². The number of carbonyl (C=O) groups excluding carboxylic acids is 1. The van der Waals surface area contributed by atoms with Crippen LogP contribution in [0.5, 0.6) is 0 Å². The van der Waals surface area contributed by atoms with E-state index in [1.54, 1.807) is 24.3 Å². The van der Waals surface area contributed by atoms with E-state index in [9.17, 15) is 9.18 Å². The van der Waals surface area contributed by atoms with Crippen LogP contribution in [0.15, 0.2) is 60.7 Å². The number of aryl methyl sites for hydroxylation is 1. The molecule has 1 atom stereocenters. The monoisotopic (exact) mass is 257 g/mol. The number of carbonyl (C=O) groups is 1. The average Bonchev–Trinajstić information content (AvgIpc) is 2.47. The first-order chi connectivity index (χ1) is 9.25. The standard InChI is InChI=1S/C16H16FNO/c17-15(12-11-13-7-3-1-4-8-13)16(19)18-14-9-5-2-6-10-14/h1-10,15H,11-12H2,(H,18,19)/t15-/m0/s1. The first kappa shape index (κ1) is 13.3. The predicted molar refractivity (Wildman–Crippen MR) is 74.7 cm³/mol. The number of halogens is 1. The Kier molecular flexibility index (Phi) is 4.67. The number of rotatable bonds is 5. The van der Waals surface area contributed by atoms with Crippen LogP contribution < -0.4 is 5.32 Å². The Morgan fingerprint density at radius 1 is 1.00 bits per heavy atom. The molecular weight excluding hydrogens is 241 g/mol. The highest BCUT2D eigenvalue weighted by Gasteiger charge is 2.16. The zero-order valence-corrected chi connectivity index (χ0v) is 10.6. The minimum Gasteiger partial charge on any atom is -0.324 e. The molecule has 2 aromatic rings. The summed E-state index contributed by atoms with van der Waals surface area (Å²) in [6.07, 6.45) is -0.729. The molecular formula is C16H16FNO. The summed E-state index contributed by atoms with van der Waals surface area (Å²) in [5.74, 6) is -0.581. The van der Waals surface area contributed by atoms with Crippen molar-refractivity contribution in [3.63, 3.8) is 0 Å². The van der Waals surface area contributed by atoms with Gasteiger partial charge in [0.15, 0.2) is 6.17 Å². The molecule has 0 unspecified atom stereocenters. The van der Waals surface area contributed by atoms with Crippen LogP contribution in [-0.4, -0.2) is 12.1 Å². The Bertz CT molecular complexity index is 513. The van der Waals surface area contributed by atoms with E-state index < -0.39 is 12.1 Å². The van der Waals surface area contributed by atoms with Gasteiger partial charge in [0, 0.05) is 5.69 Å². The zero-order valence-electron chi connectivity index (χ0n) is 10.6. The molecule has 19 heavy (non-hydrogen) atoms. The van der Waals surface area contributed by atoms with Crippen molar-refractivity contribution in [3.8, 4) is 0 Å². The van der Waals surface area contributed by atoms with E-state index >= 15 is 0 Å². The maximum atomic E-state index is 13.8. The molecule has 0 saturated heterocycles. The van der Waals surface area contributed by atoms with Crippen LogP contribution in [0, 0.1) is 0 Å². The Morgan fingerprint density at radius 3 is 2.21 bits per heavy atom. The van der Waals surface area contributed by atoms with Crippen LogP contribution >= 0.6 is 0 Å². The molecule has 1 amide bonds. The van der Waals surface area contributed by atoms with Crippen LogP contribution in [0.4, 0.5) is 10.1 Å². The minimum absolute atomic E-state index is 0.197. The number of benzene rings is 2. The Labute approximate surface area is 112 Å². The van der Waals surface area contributed by atoms with Crippen molar-refractivity contribution < 1.29 is 9.18 Å². The van der Waals surface area contributed by atoms with E-state index in [2.05, 4.69) is 5.32 Å². The molecule has 0 spiro atoms. The van der Waals surface area contributed by atoms with Crippen molar-refractivity contribution in [3.05, 3.63) is 66.2 Å². The molecule has 2 rings (SSSR count). The van der Waals surface area contributed by atoms with E-state index in [0.29, 0.717) is 12.1 Å². The third kappa shape index (κ3) is 4.21. The lowest BCUT2D eigenvalue weighted by Gasteiger charge is -2.09. The predicted octanol–water partition coefficient (Wildman–Crippen LogP) is 3.60. The maximum Gasteiger partial charge on any atom is 0.258 e. The number of hydrogen-bond acceptors (Lipinski definition) is 1. The van der Waals surface area contributed by atoms with Crippen molar-refractivity contribution in [2.24, 2.45) is 0 Å². The highest BCUT2D eigenvalue weighted by Crippen LogP contribution is 2.11. The fraction of sp³-hybridized carbons (Fsp3) is 0.188. The van der Waals surface area contributed by atoms with Gasteiger partial charge in [-0.25, -0.2) is 4.39 Å². The first-order valence-corrected chi connectivity index (χ1v) is 6.29. The summed E-state index contributed by atoms with van der Waals surface area (Å²) < 4.78 is 13.8.